The molecule has 1 fully saturated rings. The fraction of sp³-hybridized carbons (Fsp3) is 0.357. The zero-order valence-electron chi connectivity index (χ0n) is 11.7. The highest BCUT2D eigenvalue weighted by molar-refractivity contribution is 5.92. The van der Waals surface area contributed by atoms with E-state index in [0.29, 0.717) is 29.2 Å². The first-order chi connectivity index (χ1) is 10.1. The minimum Gasteiger partial charge on any atom is -0.439 e. The highest BCUT2D eigenvalue weighted by Crippen LogP contribution is 2.19. The van der Waals surface area contributed by atoms with Gasteiger partial charge in [0, 0.05) is 12.2 Å². The Balaban J connectivity index is 1.78. The average Bonchev–Trinajstić information content (AvgIpc) is 2.83. The quantitative estimate of drug-likeness (QED) is 0.835. The Bertz CT molecular complexity index is 709. The summed E-state index contributed by atoms with van der Waals surface area (Å²) in [5.74, 6) is 0.248. The zero-order valence-corrected chi connectivity index (χ0v) is 11.7. The van der Waals surface area contributed by atoms with Crippen LogP contribution in [0.4, 0.5) is 5.69 Å². The molecule has 1 saturated heterocycles. The molecule has 0 unspecified atom stereocenters. The molecule has 3 rings (SSSR count). The van der Waals surface area contributed by atoms with Crippen molar-refractivity contribution in [3.05, 3.63) is 24.1 Å². The largest absolute Gasteiger partial charge is 0.439 e. The lowest BCUT2D eigenvalue weighted by Gasteiger charge is -2.32. The summed E-state index contributed by atoms with van der Waals surface area (Å²) in [7, 11) is 0. The van der Waals surface area contributed by atoms with Crippen molar-refractivity contribution >= 4 is 28.6 Å². The highest BCUT2D eigenvalue weighted by Gasteiger charge is 2.29. The predicted molar refractivity (Wildman–Crippen MR) is 76.1 cm³/mol. The van der Waals surface area contributed by atoms with Crippen LogP contribution in [-0.4, -0.2) is 46.2 Å². The number of piperazine rings is 1. The van der Waals surface area contributed by atoms with Gasteiger partial charge in [-0.05, 0) is 25.1 Å². The number of carbonyl (C=O) groups excluding carboxylic acids is 2. The van der Waals surface area contributed by atoms with E-state index in [4.69, 9.17) is 10.2 Å². The van der Waals surface area contributed by atoms with Crippen LogP contribution in [0.2, 0.25) is 0 Å². The molecule has 1 aliphatic heterocycles. The van der Waals surface area contributed by atoms with Crippen LogP contribution in [-0.2, 0) is 16.1 Å². The average molecular weight is 288 g/mol. The normalized spacial score (nSPS) is 16.0. The number of oxazole rings is 1. The Kier molecular flexibility index (Phi) is 3.25. The summed E-state index contributed by atoms with van der Waals surface area (Å²) in [6.07, 6.45) is 0. The number of hydrogen-bond donors (Lipinski definition) is 1. The van der Waals surface area contributed by atoms with Gasteiger partial charge in [0.1, 0.15) is 12.1 Å². The van der Waals surface area contributed by atoms with Gasteiger partial charge in [-0.3, -0.25) is 9.59 Å². The van der Waals surface area contributed by atoms with Gasteiger partial charge < -0.3 is 20.0 Å². The number of likely N-dealkylation sites (N-methyl/N-ethyl adjacent to an activating group) is 1. The molecule has 7 heteroatoms. The van der Waals surface area contributed by atoms with E-state index in [9.17, 15) is 9.59 Å². The van der Waals surface area contributed by atoms with E-state index in [1.807, 2.05) is 6.92 Å². The first kappa shape index (κ1) is 13.4. The Labute approximate surface area is 121 Å². The SMILES string of the molecule is CCN1CC(=O)N(Cc2nc3cc(N)ccc3o2)CC1=O. The number of nitrogens with zero attached hydrogens (tertiary/aromatic N) is 3. The lowest BCUT2D eigenvalue weighted by molar-refractivity contribution is -0.150. The second-order valence-corrected chi connectivity index (χ2v) is 4.99. The van der Waals surface area contributed by atoms with Crippen molar-refractivity contribution in [3.8, 4) is 0 Å². The van der Waals surface area contributed by atoms with Crippen LogP contribution in [0, 0.1) is 0 Å². The van der Waals surface area contributed by atoms with E-state index in [1.54, 1.807) is 18.2 Å². The van der Waals surface area contributed by atoms with E-state index >= 15 is 0 Å². The molecule has 0 spiro atoms. The molecule has 0 atom stereocenters. The van der Waals surface area contributed by atoms with Crippen molar-refractivity contribution in [2.75, 3.05) is 25.4 Å². The number of nitrogen functional groups attached to an aromatic ring is 1. The Hall–Kier alpha value is -2.57. The fourth-order valence-electron chi connectivity index (χ4n) is 2.36. The van der Waals surface area contributed by atoms with Crippen LogP contribution in [0.25, 0.3) is 11.1 Å². The topological polar surface area (TPSA) is 92.7 Å². The van der Waals surface area contributed by atoms with Crippen molar-refractivity contribution in [2.45, 2.75) is 13.5 Å². The molecule has 2 N–H and O–H groups in total. The van der Waals surface area contributed by atoms with Gasteiger partial charge in [0.15, 0.2) is 5.58 Å². The summed E-state index contributed by atoms with van der Waals surface area (Å²) >= 11 is 0. The van der Waals surface area contributed by atoms with Crippen molar-refractivity contribution in [2.24, 2.45) is 0 Å². The minimum absolute atomic E-state index is 0.0579. The number of hydrogen-bond acceptors (Lipinski definition) is 5. The Morgan fingerprint density at radius 1 is 1.24 bits per heavy atom. The third kappa shape index (κ3) is 2.54. The summed E-state index contributed by atoms with van der Waals surface area (Å²) in [5.41, 5.74) is 7.56. The molecule has 2 aromatic rings. The molecule has 1 aromatic heterocycles. The summed E-state index contributed by atoms with van der Waals surface area (Å²) in [4.78, 5) is 31.2. The molecule has 21 heavy (non-hydrogen) atoms. The van der Waals surface area contributed by atoms with Crippen LogP contribution in [0.1, 0.15) is 12.8 Å². The van der Waals surface area contributed by atoms with E-state index in [2.05, 4.69) is 4.98 Å². The highest BCUT2D eigenvalue weighted by atomic mass is 16.3. The molecule has 2 amide bonds. The number of aromatic nitrogens is 1. The molecule has 0 radical (unpaired) electrons. The van der Waals surface area contributed by atoms with Crippen LogP contribution in [0.15, 0.2) is 22.6 Å². The van der Waals surface area contributed by atoms with Gasteiger partial charge in [0.25, 0.3) is 0 Å². The zero-order chi connectivity index (χ0) is 15.0. The molecule has 2 heterocycles. The number of carbonyl (C=O) groups is 2. The van der Waals surface area contributed by atoms with Crippen molar-refractivity contribution in [1.82, 2.24) is 14.8 Å². The summed E-state index contributed by atoms with van der Waals surface area (Å²) in [6, 6.07) is 5.18. The summed E-state index contributed by atoms with van der Waals surface area (Å²) in [5, 5.41) is 0. The first-order valence-corrected chi connectivity index (χ1v) is 6.77. The van der Waals surface area contributed by atoms with Gasteiger partial charge >= 0.3 is 0 Å². The lowest BCUT2D eigenvalue weighted by Crippen LogP contribution is -2.53. The number of rotatable bonds is 3. The van der Waals surface area contributed by atoms with E-state index in [1.165, 1.54) is 9.80 Å². The third-order valence-electron chi connectivity index (χ3n) is 3.52. The molecule has 1 aliphatic rings. The van der Waals surface area contributed by atoms with E-state index in [0.717, 1.165) is 0 Å². The minimum atomic E-state index is -0.0989. The predicted octanol–water partition coefficient (Wildman–Crippen LogP) is 0.601. The van der Waals surface area contributed by atoms with Gasteiger partial charge in [-0.25, -0.2) is 4.98 Å². The molecule has 0 bridgehead atoms. The second kappa shape index (κ2) is 5.08. The van der Waals surface area contributed by atoms with Crippen LogP contribution in [0.3, 0.4) is 0 Å². The molecule has 7 nitrogen and oxygen atoms in total. The van der Waals surface area contributed by atoms with Gasteiger partial charge in [0.2, 0.25) is 17.7 Å². The molecular formula is C14H16N4O3. The van der Waals surface area contributed by atoms with Gasteiger partial charge in [0.05, 0.1) is 13.1 Å². The Morgan fingerprint density at radius 3 is 2.71 bits per heavy atom. The summed E-state index contributed by atoms with van der Waals surface area (Å²) in [6.45, 7) is 2.76. The first-order valence-electron chi connectivity index (χ1n) is 6.77. The van der Waals surface area contributed by atoms with Crippen molar-refractivity contribution < 1.29 is 14.0 Å². The molecule has 1 aromatic carbocycles. The maximum Gasteiger partial charge on any atom is 0.243 e. The maximum atomic E-state index is 12.0. The molecular weight excluding hydrogens is 272 g/mol. The molecule has 0 aliphatic carbocycles. The number of nitrogens with two attached hydrogens (primary N) is 1. The third-order valence-corrected chi connectivity index (χ3v) is 3.52. The maximum absolute atomic E-state index is 12.0. The number of amides is 2. The second-order valence-electron chi connectivity index (χ2n) is 4.99. The van der Waals surface area contributed by atoms with Gasteiger partial charge in [-0.15, -0.1) is 0 Å². The monoisotopic (exact) mass is 288 g/mol. The molecule has 0 saturated carbocycles. The van der Waals surface area contributed by atoms with Crippen LogP contribution in [0.5, 0.6) is 0 Å². The van der Waals surface area contributed by atoms with E-state index in [-0.39, 0.29) is 31.4 Å². The van der Waals surface area contributed by atoms with Crippen LogP contribution < -0.4 is 5.73 Å². The summed E-state index contributed by atoms with van der Waals surface area (Å²) < 4.78 is 5.58. The van der Waals surface area contributed by atoms with Gasteiger partial charge in [-0.1, -0.05) is 0 Å². The van der Waals surface area contributed by atoms with Crippen molar-refractivity contribution in [3.63, 3.8) is 0 Å². The van der Waals surface area contributed by atoms with Crippen molar-refractivity contribution in [1.29, 1.82) is 0 Å². The number of anilines is 1. The number of benzene rings is 1. The van der Waals surface area contributed by atoms with E-state index < -0.39 is 0 Å². The smallest absolute Gasteiger partial charge is 0.243 e. The molecule has 110 valence electrons. The lowest BCUT2D eigenvalue weighted by atomic mass is 10.3. The van der Waals surface area contributed by atoms with Crippen LogP contribution >= 0.6 is 0 Å². The standard InChI is InChI=1S/C14H16N4O3/c1-2-17-7-14(20)18(8-13(17)19)6-12-16-10-5-9(15)3-4-11(10)21-12/h3-5H,2,6-8,15H2,1H3. The van der Waals surface area contributed by atoms with Gasteiger partial charge in [-0.2, -0.15) is 0 Å². The Morgan fingerprint density at radius 2 is 1.95 bits per heavy atom. The number of fused-ring (bicyclic) bond motifs is 1. The fourth-order valence-corrected chi connectivity index (χ4v) is 2.36.